The number of carbonyl (C=O) groups is 1. The molecule has 2 aromatic carbocycles. The molecule has 1 amide bonds. The topological polar surface area (TPSA) is 42.0 Å². The minimum atomic E-state index is -0.661. The smallest absolute Gasteiger partial charge is 0.261 e. The molecule has 0 aliphatic rings. The number of nitrogens with one attached hydrogen (secondary N) is 1. The van der Waals surface area contributed by atoms with Crippen LogP contribution in [0.1, 0.15) is 15.2 Å². The monoisotopic (exact) mass is 346 g/mol. The van der Waals surface area contributed by atoms with Crippen LogP contribution in [0.15, 0.2) is 48.5 Å². The van der Waals surface area contributed by atoms with E-state index in [4.69, 9.17) is 11.6 Å². The van der Waals surface area contributed by atoms with Crippen LogP contribution in [0.2, 0.25) is 5.02 Å². The number of anilines is 1. The number of thiazole rings is 1. The van der Waals surface area contributed by atoms with Crippen LogP contribution in [0.25, 0.3) is 11.3 Å². The molecule has 23 heavy (non-hydrogen) atoms. The normalized spacial score (nSPS) is 10.6. The minimum absolute atomic E-state index is 0.0686. The van der Waals surface area contributed by atoms with Crippen molar-refractivity contribution in [3.05, 3.63) is 69.8 Å². The predicted molar refractivity (Wildman–Crippen MR) is 91.7 cm³/mol. The van der Waals surface area contributed by atoms with Crippen molar-refractivity contribution in [3.8, 4) is 11.3 Å². The lowest BCUT2D eigenvalue weighted by atomic mass is 10.1. The van der Waals surface area contributed by atoms with Crippen LogP contribution in [0.4, 0.5) is 9.52 Å². The van der Waals surface area contributed by atoms with Gasteiger partial charge in [-0.25, -0.2) is 9.37 Å². The quantitative estimate of drug-likeness (QED) is 0.711. The first kappa shape index (κ1) is 15.6. The van der Waals surface area contributed by atoms with Crippen molar-refractivity contribution in [3.63, 3.8) is 0 Å². The summed E-state index contributed by atoms with van der Waals surface area (Å²) in [6.07, 6.45) is 0. The average Bonchev–Trinajstić information content (AvgIpc) is 2.88. The maximum absolute atomic E-state index is 13.8. The number of amides is 1. The zero-order valence-electron chi connectivity index (χ0n) is 12.1. The van der Waals surface area contributed by atoms with E-state index < -0.39 is 11.7 Å². The van der Waals surface area contributed by atoms with Crippen molar-refractivity contribution >= 4 is 34.0 Å². The van der Waals surface area contributed by atoms with Gasteiger partial charge in [0.1, 0.15) is 5.82 Å². The van der Waals surface area contributed by atoms with Gasteiger partial charge in [0, 0.05) is 10.4 Å². The molecule has 116 valence electrons. The van der Waals surface area contributed by atoms with E-state index in [-0.39, 0.29) is 10.6 Å². The molecule has 0 spiro atoms. The van der Waals surface area contributed by atoms with Gasteiger partial charge in [-0.15, -0.1) is 11.3 Å². The third-order valence-electron chi connectivity index (χ3n) is 3.25. The summed E-state index contributed by atoms with van der Waals surface area (Å²) < 4.78 is 13.8. The van der Waals surface area contributed by atoms with Gasteiger partial charge in [-0.1, -0.05) is 48.0 Å². The summed E-state index contributed by atoms with van der Waals surface area (Å²) in [6, 6.07) is 13.8. The van der Waals surface area contributed by atoms with Crippen molar-refractivity contribution < 1.29 is 9.18 Å². The fraction of sp³-hybridized carbons (Fsp3) is 0.0588. The molecule has 0 atom stereocenters. The third kappa shape index (κ3) is 3.25. The van der Waals surface area contributed by atoms with Crippen LogP contribution in [-0.2, 0) is 0 Å². The maximum Gasteiger partial charge on any atom is 0.261 e. The lowest BCUT2D eigenvalue weighted by molar-refractivity contribution is 0.102. The van der Waals surface area contributed by atoms with Gasteiger partial charge in [0.15, 0.2) is 5.13 Å². The maximum atomic E-state index is 13.8. The first-order chi connectivity index (χ1) is 11.1. The van der Waals surface area contributed by atoms with Gasteiger partial charge in [0.05, 0.1) is 16.3 Å². The van der Waals surface area contributed by atoms with E-state index in [9.17, 15) is 9.18 Å². The number of benzene rings is 2. The predicted octanol–water partition coefficient (Wildman–Crippen LogP) is 5.16. The zero-order chi connectivity index (χ0) is 16.4. The first-order valence-corrected chi connectivity index (χ1v) is 8.04. The van der Waals surface area contributed by atoms with Crippen molar-refractivity contribution in [2.75, 3.05) is 5.32 Å². The Hall–Kier alpha value is -2.24. The molecule has 0 saturated carbocycles. The molecule has 0 bridgehead atoms. The fourth-order valence-electron chi connectivity index (χ4n) is 2.19. The first-order valence-electron chi connectivity index (χ1n) is 6.84. The standard InChI is InChI=1S/C17H12ClFN2OS/c1-10-15(11-6-3-2-4-7-11)20-17(23-10)21-16(22)14-12(18)8-5-9-13(14)19/h2-9H,1H3,(H,20,21,22). The summed E-state index contributed by atoms with van der Waals surface area (Å²) >= 11 is 7.24. The molecule has 0 saturated heterocycles. The molecular weight excluding hydrogens is 335 g/mol. The number of hydrogen-bond acceptors (Lipinski definition) is 3. The van der Waals surface area contributed by atoms with Gasteiger partial charge in [-0.05, 0) is 19.1 Å². The summed E-state index contributed by atoms with van der Waals surface area (Å²) in [6.45, 7) is 1.92. The molecule has 1 N–H and O–H groups in total. The Balaban J connectivity index is 1.88. The van der Waals surface area contributed by atoms with Crippen molar-refractivity contribution in [1.82, 2.24) is 4.98 Å². The van der Waals surface area contributed by atoms with Crippen LogP contribution >= 0.6 is 22.9 Å². The minimum Gasteiger partial charge on any atom is -0.298 e. The van der Waals surface area contributed by atoms with Gasteiger partial charge >= 0.3 is 0 Å². The lowest BCUT2D eigenvalue weighted by Gasteiger charge is -2.05. The molecule has 3 nitrogen and oxygen atoms in total. The van der Waals surface area contributed by atoms with E-state index >= 15 is 0 Å². The molecule has 1 heterocycles. The number of rotatable bonds is 3. The molecule has 6 heteroatoms. The molecule has 0 aliphatic carbocycles. The largest absolute Gasteiger partial charge is 0.298 e. The third-order valence-corrected chi connectivity index (χ3v) is 4.46. The van der Waals surface area contributed by atoms with Crippen LogP contribution in [-0.4, -0.2) is 10.9 Å². The zero-order valence-corrected chi connectivity index (χ0v) is 13.7. The SMILES string of the molecule is Cc1sc(NC(=O)c2c(F)cccc2Cl)nc1-c1ccccc1. The second-order valence-electron chi connectivity index (χ2n) is 4.84. The van der Waals surface area contributed by atoms with Crippen LogP contribution in [0.3, 0.4) is 0 Å². The van der Waals surface area contributed by atoms with Gasteiger partial charge in [0.2, 0.25) is 0 Å². The van der Waals surface area contributed by atoms with Gasteiger partial charge in [-0.2, -0.15) is 0 Å². The van der Waals surface area contributed by atoms with Gasteiger partial charge in [-0.3, -0.25) is 10.1 Å². The Morgan fingerprint density at radius 1 is 1.17 bits per heavy atom. The number of aromatic nitrogens is 1. The highest BCUT2D eigenvalue weighted by Crippen LogP contribution is 2.31. The van der Waals surface area contributed by atoms with Crippen LogP contribution in [0, 0.1) is 12.7 Å². The molecule has 3 rings (SSSR count). The molecule has 3 aromatic rings. The number of carbonyl (C=O) groups excluding carboxylic acids is 1. The van der Waals surface area contributed by atoms with E-state index in [0.717, 1.165) is 16.1 Å². The van der Waals surface area contributed by atoms with Gasteiger partial charge in [0.25, 0.3) is 5.91 Å². The summed E-state index contributed by atoms with van der Waals surface area (Å²) in [4.78, 5) is 17.6. The van der Waals surface area contributed by atoms with E-state index in [1.54, 1.807) is 0 Å². The fourth-order valence-corrected chi connectivity index (χ4v) is 3.27. The Morgan fingerprint density at radius 3 is 2.61 bits per heavy atom. The number of halogens is 2. The van der Waals surface area contributed by atoms with E-state index in [2.05, 4.69) is 10.3 Å². The summed E-state index contributed by atoms with van der Waals surface area (Å²) in [5, 5.41) is 3.09. The van der Waals surface area contributed by atoms with Crippen molar-refractivity contribution in [1.29, 1.82) is 0 Å². The Bertz CT molecular complexity index is 844. The molecule has 0 radical (unpaired) electrons. The Kier molecular flexibility index (Phi) is 4.41. The number of hydrogen-bond donors (Lipinski definition) is 1. The molecule has 0 aliphatic heterocycles. The van der Waals surface area contributed by atoms with Crippen LogP contribution in [0.5, 0.6) is 0 Å². The average molecular weight is 347 g/mol. The summed E-state index contributed by atoms with van der Waals surface area (Å²) in [5.41, 5.74) is 1.58. The molecule has 0 unspecified atom stereocenters. The van der Waals surface area contributed by atoms with Gasteiger partial charge < -0.3 is 0 Å². The van der Waals surface area contributed by atoms with Crippen molar-refractivity contribution in [2.45, 2.75) is 6.92 Å². The summed E-state index contributed by atoms with van der Waals surface area (Å²) in [7, 11) is 0. The molecular formula is C17H12ClFN2OS. The molecule has 1 aromatic heterocycles. The van der Waals surface area contributed by atoms with E-state index in [0.29, 0.717) is 5.13 Å². The lowest BCUT2D eigenvalue weighted by Crippen LogP contribution is -2.14. The van der Waals surface area contributed by atoms with Crippen molar-refractivity contribution in [2.24, 2.45) is 0 Å². The second-order valence-corrected chi connectivity index (χ2v) is 6.45. The molecule has 0 fully saturated rings. The Morgan fingerprint density at radius 2 is 1.91 bits per heavy atom. The highest BCUT2D eigenvalue weighted by atomic mass is 35.5. The second kappa shape index (κ2) is 6.48. The highest BCUT2D eigenvalue weighted by Gasteiger charge is 2.18. The number of nitrogens with zero attached hydrogens (tertiary/aromatic N) is 1. The highest BCUT2D eigenvalue weighted by molar-refractivity contribution is 7.16. The van der Waals surface area contributed by atoms with E-state index in [1.165, 1.54) is 29.5 Å². The number of aryl methyl sites for hydroxylation is 1. The Labute approximate surface area is 141 Å². The van der Waals surface area contributed by atoms with Crippen LogP contribution < -0.4 is 5.32 Å². The summed E-state index contributed by atoms with van der Waals surface area (Å²) in [5.74, 6) is -1.27. The van der Waals surface area contributed by atoms with E-state index in [1.807, 2.05) is 37.3 Å².